The van der Waals surface area contributed by atoms with E-state index in [-0.39, 0.29) is 11.9 Å². The Labute approximate surface area is 165 Å². The standard InChI is InChI=1S/C21H19BrN2O3/c22-15-4-2-14(3-5-15)20(7-1-8-20)19(26)24-11-9-21(13-24)17-6-10-23-12-16(17)18(25)27-21/h2-6,10,12H,1,7-9,11,13H2. The monoisotopic (exact) mass is 426 g/mol. The number of hydrogen-bond donors (Lipinski definition) is 0. The van der Waals surface area contributed by atoms with Crippen LogP contribution in [-0.4, -0.2) is 34.8 Å². The highest BCUT2D eigenvalue weighted by Crippen LogP contribution is 2.49. The van der Waals surface area contributed by atoms with Gasteiger partial charge in [0.05, 0.1) is 17.5 Å². The summed E-state index contributed by atoms with van der Waals surface area (Å²) in [7, 11) is 0. The van der Waals surface area contributed by atoms with E-state index in [1.54, 1.807) is 12.4 Å². The van der Waals surface area contributed by atoms with Crippen LogP contribution in [0, 0.1) is 0 Å². The highest BCUT2D eigenvalue weighted by atomic mass is 79.9. The van der Waals surface area contributed by atoms with Gasteiger partial charge in [-0.2, -0.15) is 0 Å². The van der Waals surface area contributed by atoms with Crippen molar-refractivity contribution < 1.29 is 14.3 Å². The number of halogens is 1. The van der Waals surface area contributed by atoms with Crippen LogP contribution in [0.5, 0.6) is 0 Å². The summed E-state index contributed by atoms with van der Waals surface area (Å²) >= 11 is 3.47. The number of aromatic nitrogens is 1. The first kappa shape index (κ1) is 16.9. The second-order valence-electron chi connectivity index (χ2n) is 7.72. The molecule has 0 radical (unpaired) electrons. The first-order valence-corrected chi connectivity index (χ1v) is 10.1. The van der Waals surface area contributed by atoms with Crippen molar-refractivity contribution >= 4 is 27.8 Å². The van der Waals surface area contributed by atoms with Crippen molar-refractivity contribution in [2.45, 2.75) is 36.7 Å². The second kappa shape index (κ2) is 5.89. The Morgan fingerprint density at radius 3 is 2.63 bits per heavy atom. The minimum atomic E-state index is -0.713. The summed E-state index contributed by atoms with van der Waals surface area (Å²) in [5.41, 5.74) is 1.32. The molecule has 3 heterocycles. The zero-order valence-electron chi connectivity index (χ0n) is 14.8. The molecule has 1 atom stereocenters. The van der Waals surface area contributed by atoms with Gasteiger partial charge in [0.2, 0.25) is 5.91 Å². The molecule has 0 N–H and O–H groups in total. The number of carbonyl (C=O) groups excluding carboxylic acids is 2. The van der Waals surface area contributed by atoms with Crippen LogP contribution in [0.1, 0.15) is 47.2 Å². The average molecular weight is 427 g/mol. The lowest BCUT2D eigenvalue weighted by molar-refractivity contribution is -0.140. The molecular weight excluding hydrogens is 408 g/mol. The fraction of sp³-hybridized carbons (Fsp3) is 0.381. The Kier molecular flexibility index (Phi) is 3.69. The Morgan fingerprint density at radius 1 is 1.15 bits per heavy atom. The number of benzene rings is 1. The molecule has 1 aromatic heterocycles. The maximum atomic E-state index is 13.5. The molecule has 1 saturated heterocycles. The molecule has 1 saturated carbocycles. The van der Waals surface area contributed by atoms with Crippen molar-refractivity contribution in [2.75, 3.05) is 13.1 Å². The van der Waals surface area contributed by atoms with Gasteiger partial charge >= 0.3 is 5.97 Å². The van der Waals surface area contributed by atoms with Gasteiger partial charge in [-0.3, -0.25) is 9.78 Å². The molecule has 2 aromatic rings. The number of fused-ring (bicyclic) bond motifs is 2. The van der Waals surface area contributed by atoms with Gasteiger partial charge in [-0.1, -0.05) is 34.5 Å². The van der Waals surface area contributed by atoms with E-state index in [2.05, 4.69) is 20.9 Å². The molecule has 1 amide bonds. The minimum absolute atomic E-state index is 0.159. The summed E-state index contributed by atoms with van der Waals surface area (Å²) in [5.74, 6) is -0.176. The quantitative estimate of drug-likeness (QED) is 0.688. The molecule has 1 aromatic carbocycles. The summed E-state index contributed by atoms with van der Waals surface area (Å²) < 4.78 is 6.78. The smallest absolute Gasteiger partial charge is 0.341 e. The van der Waals surface area contributed by atoms with Crippen molar-refractivity contribution in [3.63, 3.8) is 0 Å². The van der Waals surface area contributed by atoms with Crippen LogP contribution < -0.4 is 0 Å². The van der Waals surface area contributed by atoms with Crippen LogP contribution in [0.4, 0.5) is 0 Å². The summed E-state index contributed by atoms with van der Waals surface area (Å²) in [5, 5.41) is 0. The van der Waals surface area contributed by atoms with E-state index < -0.39 is 11.0 Å². The molecule has 5 nitrogen and oxygen atoms in total. The van der Waals surface area contributed by atoms with Crippen LogP contribution in [0.15, 0.2) is 47.2 Å². The minimum Gasteiger partial charge on any atom is -0.449 e. The molecule has 2 aliphatic heterocycles. The highest BCUT2D eigenvalue weighted by molar-refractivity contribution is 9.10. The molecule has 2 fully saturated rings. The van der Waals surface area contributed by atoms with Gasteiger partial charge < -0.3 is 9.64 Å². The van der Waals surface area contributed by atoms with E-state index in [0.717, 1.165) is 34.9 Å². The number of ether oxygens (including phenoxy) is 1. The lowest BCUT2D eigenvalue weighted by Crippen LogP contribution is -2.51. The van der Waals surface area contributed by atoms with Crippen LogP contribution >= 0.6 is 15.9 Å². The van der Waals surface area contributed by atoms with Crippen LogP contribution in [0.3, 0.4) is 0 Å². The van der Waals surface area contributed by atoms with E-state index in [0.29, 0.717) is 25.1 Å². The van der Waals surface area contributed by atoms with Gasteiger partial charge in [0.15, 0.2) is 5.60 Å². The molecular formula is C21H19BrN2O3. The second-order valence-corrected chi connectivity index (χ2v) is 8.64. The van der Waals surface area contributed by atoms with E-state index in [9.17, 15) is 9.59 Å². The topological polar surface area (TPSA) is 59.5 Å². The number of carbonyl (C=O) groups is 2. The van der Waals surface area contributed by atoms with Crippen molar-refractivity contribution in [1.29, 1.82) is 0 Å². The summed E-state index contributed by atoms with van der Waals surface area (Å²) in [4.78, 5) is 31.7. The van der Waals surface area contributed by atoms with Crippen LogP contribution in [-0.2, 0) is 20.5 Å². The molecule has 3 aliphatic rings. The maximum Gasteiger partial charge on any atom is 0.341 e. The lowest BCUT2D eigenvalue weighted by atomic mass is 9.63. The SMILES string of the molecule is O=C1OC2(CCN(C(=O)C3(c4ccc(Br)cc4)CCC3)C2)c2ccncc21. The Hall–Kier alpha value is -2.21. The third-order valence-corrected chi connectivity index (χ3v) is 6.88. The molecule has 0 bridgehead atoms. The molecule has 6 heteroatoms. The van der Waals surface area contributed by atoms with Gasteiger partial charge in [0, 0.05) is 35.4 Å². The molecule has 1 aliphatic carbocycles. The number of esters is 1. The summed E-state index contributed by atoms with van der Waals surface area (Å²) in [6, 6.07) is 9.93. The first-order valence-electron chi connectivity index (χ1n) is 9.27. The number of hydrogen-bond acceptors (Lipinski definition) is 4. The number of nitrogens with zero attached hydrogens (tertiary/aromatic N) is 2. The third kappa shape index (κ3) is 2.39. The van der Waals surface area contributed by atoms with Gasteiger partial charge in [-0.25, -0.2) is 4.79 Å². The zero-order valence-corrected chi connectivity index (χ0v) is 16.4. The van der Waals surface area contributed by atoms with Crippen LogP contribution in [0.2, 0.25) is 0 Å². The number of amides is 1. The first-order chi connectivity index (χ1) is 13.0. The zero-order chi connectivity index (χ0) is 18.6. The van der Waals surface area contributed by atoms with E-state index >= 15 is 0 Å². The predicted molar refractivity (Wildman–Crippen MR) is 102 cm³/mol. The van der Waals surface area contributed by atoms with Gasteiger partial charge in [0.1, 0.15) is 0 Å². The number of rotatable bonds is 2. The maximum absolute atomic E-state index is 13.5. The van der Waals surface area contributed by atoms with E-state index in [1.165, 1.54) is 0 Å². The largest absolute Gasteiger partial charge is 0.449 e. The average Bonchev–Trinajstić information content (AvgIpc) is 3.18. The van der Waals surface area contributed by atoms with E-state index in [1.807, 2.05) is 35.2 Å². The Morgan fingerprint density at radius 2 is 1.93 bits per heavy atom. The number of pyridine rings is 1. The molecule has 27 heavy (non-hydrogen) atoms. The van der Waals surface area contributed by atoms with Crippen molar-refractivity contribution in [2.24, 2.45) is 0 Å². The van der Waals surface area contributed by atoms with Gasteiger partial charge in [-0.05, 0) is 36.6 Å². The molecule has 1 unspecified atom stereocenters. The number of likely N-dealkylation sites (tertiary alicyclic amines) is 1. The fourth-order valence-corrected chi connectivity index (χ4v) is 4.99. The molecule has 5 rings (SSSR count). The van der Waals surface area contributed by atoms with Gasteiger partial charge in [-0.15, -0.1) is 0 Å². The fourth-order valence-electron chi connectivity index (χ4n) is 4.73. The van der Waals surface area contributed by atoms with E-state index in [4.69, 9.17) is 4.74 Å². The lowest BCUT2D eigenvalue weighted by Gasteiger charge is -2.43. The summed E-state index contributed by atoms with van der Waals surface area (Å²) in [6.07, 6.45) is 6.69. The van der Waals surface area contributed by atoms with Crippen molar-refractivity contribution in [3.05, 3.63) is 63.9 Å². The van der Waals surface area contributed by atoms with Crippen molar-refractivity contribution in [1.82, 2.24) is 9.88 Å². The van der Waals surface area contributed by atoms with Crippen molar-refractivity contribution in [3.8, 4) is 0 Å². The van der Waals surface area contributed by atoms with Gasteiger partial charge in [0.25, 0.3) is 0 Å². The van der Waals surface area contributed by atoms with Crippen LogP contribution in [0.25, 0.3) is 0 Å². The Bertz CT molecular complexity index is 939. The molecule has 1 spiro atoms. The Balaban J connectivity index is 1.44. The normalized spacial score (nSPS) is 25.2. The predicted octanol–water partition coefficient (Wildman–Crippen LogP) is 3.56. The summed E-state index contributed by atoms with van der Waals surface area (Å²) in [6.45, 7) is 1.03. The molecule has 138 valence electrons. The highest BCUT2D eigenvalue weighted by Gasteiger charge is 2.55. The third-order valence-electron chi connectivity index (χ3n) is 6.35.